The predicted octanol–water partition coefficient (Wildman–Crippen LogP) is 11.6. The van der Waals surface area contributed by atoms with Gasteiger partial charge >= 0.3 is 0 Å². The minimum Gasteiger partial charge on any atom is -0.495 e. The van der Waals surface area contributed by atoms with Gasteiger partial charge in [0.2, 0.25) is 17.8 Å². The van der Waals surface area contributed by atoms with Gasteiger partial charge in [-0.05, 0) is 117 Å². The summed E-state index contributed by atoms with van der Waals surface area (Å²) in [5.74, 6) is -0.286. The van der Waals surface area contributed by atoms with Crippen molar-refractivity contribution in [3.05, 3.63) is 95.1 Å². The lowest BCUT2D eigenvalue weighted by atomic mass is 9.72. The van der Waals surface area contributed by atoms with Gasteiger partial charge in [0.15, 0.2) is 5.82 Å². The van der Waals surface area contributed by atoms with Gasteiger partial charge in [-0.3, -0.25) is 34.0 Å². The lowest BCUT2D eigenvalue weighted by Crippen LogP contribution is -2.38. The Morgan fingerprint density at radius 3 is 1.96 bits per heavy atom. The Morgan fingerprint density at radius 1 is 0.775 bits per heavy atom. The number of anilines is 1. The van der Waals surface area contributed by atoms with E-state index in [0.717, 1.165) is 56.2 Å². The van der Waals surface area contributed by atoms with Crippen molar-refractivity contribution < 1.29 is 38.6 Å². The summed E-state index contributed by atoms with van der Waals surface area (Å²) in [4.78, 5) is 79.0. The number of rotatable bonds is 29. The third-order valence-corrected chi connectivity index (χ3v) is 14.3. The average molecular weight is 1230 g/mol. The van der Waals surface area contributed by atoms with Gasteiger partial charge in [-0.25, -0.2) is 15.0 Å². The maximum Gasteiger partial charge on any atom is 0.276 e. The lowest BCUT2D eigenvalue weighted by molar-refractivity contribution is -0.117. The maximum atomic E-state index is 13.8. The smallest absolute Gasteiger partial charge is 0.276 e. The van der Waals surface area contributed by atoms with Crippen LogP contribution in [-0.2, 0) is 35.8 Å². The summed E-state index contributed by atoms with van der Waals surface area (Å²) in [6, 6.07) is 10.2. The van der Waals surface area contributed by atoms with Gasteiger partial charge in [0.25, 0.3) is 5.91 Å². The van der Waals surface area contributed by atoms with Crippen molar-refractivity contribution in [1.29, 1.82) is 0 Å². The highest BCUT2D eigenvalue weighted by atomic mass is 16.5. The number of aryl methyl sites for hydroxylation is 4. The second-order valence-electron chi connectivity index (χ2n) is 20.6. The van der Waals surface area contributed by atoms with E-state index in [1.165, 1.54) is 7.11 Å². The van der Waals surface area contributed by atoms with E-state index in [4.69, 9.17) is 35.9 Å². The van der Waals surface area contributed by atoms with Crippen LogP contribution in [0.3, 0.4) is 0 Å². The van der Waals surface area contributed by atoms with E-state index in [2.05, 4.69) is 40.3 Å². The Kier molecular flexibility index (Phi) is 33.8. The molecule has 0 fully saturated rings. The van der Waals surface area contributed by atoms with E-state index in [9.17, 15) is 29.1 Å². The normalized spacial score (nSPS) is 12.4. The van der Waals surface area contributed by atoms with Crippen LogP contribution >= 0.6 is 0 Å². The molecule has 0 aliphatic carbocycles. The van der Waals surface area contributed by atoms with Gasteiger partial charge in [0, 0.05) is 79.7 Å². The number of allylic oxidation sites excluding steroid dienone is 4. The maximum absolute atomic E-state index is 13.8. The number of nitrogens with one attached hydrogen (secondary N) is 1. The summed E-state index contributed by atoms with van der Waals surface area (Å²) in [7, 11) is 7.28. The van der Waals surface area contributed by atoms with E-state index < -0.39 is 23.9 Å². The van der Waals surface area contributed by atoms with E-state index in [1.54, 1.807) is 53.2 Å². The summed E-state index contributed by atoms with van der Waals surface area (Å²) >= 11 is 0. The molecular weight excluding hydrogens is 1130 g/mol. The number of amides is 3. The number of unbranched alkanes of at least 4 members (excludes halogenated alkanes) is 1. The molecule has 0 bridgehead atoms. The summed E-state index contributed by atoms with van der Waals surface area (Å²) in [5.41, 5.74) is 16.8. The number of benzene rings is 2. The molecule has 3 atom stereocenters. The predicted molar refractivity (Wildman–Crippen MR) is 360 cm³/mol. The van der Waals surface area contributed by atoms with Crippen LogP contribution in [0.1, 0.15) is 171 Å². The monoisotopic (exact) mass is 1230 g/mol. The van der Waals surface area contributed by atoms with Crippen molar-refractivity contribution in [2.24, 2.45) is 22.8 Å². The van der Waals surface area contributed by atoms with Crippen LogP contribution in [-0.4, -0.2) is 143 Å². The molecule has 6 N–H and O–H groups in total. The number of fused-ring (bicyclic) bond motifs is 4. The van der Waals surface area contributed by atoms with Crippen molar-refractivity contribution in [1.82, 2.24) is 53.4 Å². The van der Waals surface area contributed by atoms with Gasteiger partial charge < -0.3 is 49.7 Å². The summed E-state index contributed by atoms with van der Waals surface area (Å²) in [6.07, 6.45) is 15.4. The molecule has 0 saturated carbocycles. The number of methoxy groups -OCH3 is 1. The zero-order valence-electron chi connectivity index (χ0n) is 56.7. The number of hydrogen-bond acceptors (Lipinski definition) is 15. The van der Waals surface area contributed by atoms with Crippen LogP contribution in [0.5, 0.6) is 11.5 Å². The summed E-state index contributed by atoms with van der Waals surface area (Å²) in [6.45, 7) is 33.2. The highest BCUT2D eigenvalue weighted by molar-refractivity contribution is 6.12. The van der Waals surface area contributed by atoms with Gasteiger partial charge in [-0.15, -0.1) is 0 Å². The number of aliphatic hydroxyl groups excluding tert-OH is 1. The molecule has 3 unspecified atom stereocenters. The largest absolute Gasteiger partial charge is 0.495 e. The number of primary amides is 2. The SMILES string of the molecule is CC.CC.CC.CC.CC=CC(C)(CCCC)C(C=O)CC(O)N(C)CCC=O.CCn1nc(C)cc1C(=O)Nc1nc2cc(C(N)=O)cc(OCCCN(C)C)c2n1C/C=C/Cn1c2nc(-c3cc(C)nn3CC)ncc2c2cc(C(N)=O)cc(OC)c21. The zero-order valence-corrected chi connectivity index (χ0v) is 56.7. The van der Waals surface area contributed by atoms with Gasteiger partial charge in [0.1, 0.15) is 52.9 Å². The van der Waals surface area contributed by atoms with Crippen molar-refractivity contribution in [2.75, 3.05) is 53.3 Å². The Labute approximate surface area is 528 Å². The molecule has 0 radical (unpaired) electrons. The molecule has 89 heavy (non-hydrogen) atoms. The van der Waals surface area contributed by atoms with Gasteiger partial charge in [-0.2, -0.15) is 10.2 Å². The highest BCUT2D eigenvalue weighted by Crippen LogP contribution is 2.39. The van der Waals surface area contributed by atoms with Crippen molar-refractivity contribution >= 4 is 69.2 Å². The number of carbonyl (C=O) groups excluding carboxylic acids is 5. The molecule has 0 aliphatic heterocycles. The standard InChI is InChI=1S/C42H49N13O5.C17H31NO3.4C2H6/c1-8-54-31(17-24(3)49-54)39-45-23-29-28-19-26(37(43)56)21-33(59-7)35(28)52(40(29)47-39)14-10-11-15-53-36-30(20-27(38(44)57)22-34(36)60-16-12-13-51(5)6)46-42(53)48-41(58)32-18-25(4)50-55(32)9-2;1-5-7-10-17(3,9-6-2)15(14-20)13-16(21)18(4)11-8-12-19;4*1-2/h10-11,17-23H,8-9,12-16H2,1-7H3,(H2,43,56)(H2,44,57)(H,46,48,58);6,9,12,14-16,21H,5,7-8,10-11,13H2,1-4H3;4*1-2H3/b11-10+;;;;;. The van der Waals surface area contributed by atoms with Gasteiger partial charge in [-0.1, -0.05) is 106 Å². The number of carbonyl (C=O) groups is 5. The molecule has 5 heterocycles. The van der Waals surface area contributed by atoms with Crippen molar-refractivity contribution in [3.63, 3.8) is 0 Å². The second kappa shape index (κ2) is 39.0. The molecular formula is C67H104N14O8. The molecule has 490 valence electrons. The van der Waals surface area contributed by atoms with Gasteiger partial charge in [0.05, 0.1) is 36.1 Å². The third kappa shape index (κ3) is 20.5. The number of imidazole rings is 1. The molecule has 3 amide bonds. The third-order valence-electron chi connectivity index (χ3n) is 14.3. The van der Waals surface area contributed by atoms with Crippen LogP contribution in [0.15, 0.2) is 66.9 Å². The van der Waals surface area contributed by atoms with Crippen LogP contribution in [0, 0.1) is 25.2 Å². The molecule has 2 aromatic carbocycles. The van der Waals surface area contributed by atoms with Crippen LogP contribution in [0.4, 0.5) is 5.95 Å². The Hall–Kier alpha value is -8.08. The van der Waals surface area contributed by atoms with E-state index >= 15 is 0 Å². The van der Waals surface area contributed by atoms with E-state index in [1.807, 2.05) is 142 Å². The van der Waals surface area contributed by atoms with Crippen molar-refractivity contribution in [2.45, 2.75) is 175 Å². The minimum absolute atomic E-state index is 0.223. The molecule has 22 heteroatoms. The first-order valence-electron chi connectivity index (χ1n) is 31.5. The highest BCUT2D eigenvalue weighted by Gasteiger charge is 2.33. The summed E-state index contributed by atoms with van der Waals surface area (Å²) < 4.78 is 19.4. The lowest BCUT2D eigenvalue weighted by Gasteiger charge is -2.35. The fourth-order valence-electron chi connectivity index (χ4n) is 9.97. The number of aromatic nitrogens is 9. The van der Waals surface area contributed by atoms with E-state index in [-0.39, 0.29) is 35.0 Å². The second-order valence-corrected chi connectivity index (χ2v) is 20.6. The number of nitrogens with two attached hydrogens (primary N) is 2. The zero-order chi connectivity index (χ0) is 67.1. The average Bonchev–Trinajstić information content (AvgIpc) is 1.63. The topological polar surface area (TPSA) is 279 Å². The summed E-state index contributed by atoms with van der Waals surface area (Å²) in [5, 5.41) is 23.6. The number of ether oxygens (including phenoxy) is 2. The quantitative estimate of drug-likeness (QED) is 0.0147. The number of nitrogens with zero attached hydrogens (tertiary/aromatic N) is 11. The molecule has 0 saturated heterocycles. The number of aliphatic hydroxyl groups is 1. The van der Waals surface area contributed by atoms with Crippen molar-refractivity contribution in [3.8, 4) is 23.0 Å². The minimum atomic E-state index is -0.702. The molecule has 0 spiro atoms. The molecule has 22 nitrogen and oxygen atoms in total. The number of hydrogen-bond donors (Lipinski definition) is 4. The molecule has 0 aliphatic rings. The first-order valence-corrected chi connectivity index (χ1v) is 31.5. The molecule has 7 rings (SSSR count). The first-order chi connectivity index (χ1) is 42.8. The fourth-order valence-corrected chi connectivity index (χ4v) is 9.97. The Morgan fingerprint density at radius 2 is 1.38 bits per heavy atom. The number of aldehydes is 2. The fraction of sp³-hybridized carbons (Fsp3) is 0.522. The molecule has 5 aromatic heterocycles. The van der Waals surface area contributed by atoms with E-state index in [0.29, 0.717) is 107 Å². The van der Waals surface area contributed by atoms with Crippen LogP contribution < -0.4 is 26.3 Å². The Balaban J connectivity index is 0.000000785. The molecule has 7 aromatic rings. The first kappa shape index (κ1) is 77.0. The van der Waals surface area contributed by atoms with Crippen LogP contribution in [0.2, 0.25) is 0 Å². The Bertz CT molecular complexity index is 3410. The van der Waals surface area contributed by atoms with Crippen LogP contribution in [0.25, 0.3) is 44.5 Å².